The minimum atomic E-state index is -4.47. The lowest BCUT2D eigenvalue weighted by Gasteiger charge is -2.18. The molecule has 0 unspecified atom stereocenters. The van der Waals surface area contributed by atoms with Crippen LogP contribution in [0.4, 0.5) is 0 Å². The average Bonchev–Trinajstić information content (AvgIpc) is 2.27. The maximum absolute atomic E-state index is 12.0. The van der Waals surface area contributed by atoms with Crippen LogP contribution < -0.4 is 11.3 Å². The van der Waals surface area contributed by atoms with E-state index >= 15 is 0 Å². The van der Waals surface area contributed by atoms with Gasteiger partial charge in [-0.25, -0.2) is 0 Å². The molecule has 0 atom stereocenters. The maximum atomic E-state index is 12.0. The van der Waals surface area contributed by atoms with Gasteiger partial charge in [-0.15, -0.1) is 0 Å². The number of nitrogens with two attached hydrogens (primary N) is 1. The topological polar surface area (TPSA) is 140 Å². The van der Waals surface area contributed by atoms with Crippen LogP contribution in [0.2, 0.25) is 0 Å². The minimum Gasteiger partial charge on any atom is -0.494 e. The zero-order valence-electron chi connectivity index (χ0n) is 11.2. The van der Waals surface area contributed by atoms with Crippen molar-refractivity contribution in [1.29, 1.82) is 0 Å². The number of aromatic hydroxyl groups is 1. The van der Waals surface area contributed by atoms with Crippen LogP contribution in [0.1, 0.15) is 41.3 Å². The van der Waals surface area contributed by atoms with Gasteiger partial charge >= 0.3 is 0 Å². The Kier molecular flexibility index (Phi) is 4.25. The molecule has 0 saturated carbocycles. The molecule has 0 aliphatic carbocycles. The van der Waals surface area contributed by atoms with E-state index in [9.17, 15) is 23.1 Å². The molecule has 1 heterocycles. The second-order valence-electron chi connectivity index (χ2n) is 4.70. The van der Waals surface area contributed by atoms with Crippen LogP contribution >= 0.6 is 0 Å². The number of carbonyl (C=O) groups is 1. The molecule has 112 valence electrons. The summed E-state index contributed by atoms with van der Waals surface area (Å²) in [5, 5.41) is 9.85. The van der Waals surface area contributed by atoms with E-state index in [4.69, 9.17) is 10.3 Å². The Labute approximate surface area is 115 Å². The largest absolute Gasteiger partial charge is 0.494 e. The first kappa shape index (κ1) is 16.2. The van der Waals surface area contributed by atoms with Crippen LogP contribution in [0.5, 0.6) is 5.88 Å². The van der Waals surface area contributed by atoms with Crippen molar-refractivity contribution in [3.8, 4) is 5.88 Å². The van der Waals surface area contributed by atoms with E-state index in [0.29, 0.717) is 4.57 Å². The van der Waals surface area contributed by atoms with Crippen molar-refractivity contribution in [2.75, 3.05) is 0 Å². The molecule has 0 aliphatic rings. The fourth-order valence-electron chi connectivity index (χ4n) is 2.05. The molecule has 0 bridgehead atoms. The molecule has 0 saturated heterocycles. The third-order valence-electron chi connectivity index (χ3n) is 2.85. The molecule has 0 spiro atoms. The summed E-state index contributed by atoms with van der Waals surface area (Å²) in [5.41, 5.74) is 3.79. The van der Waals surface area contributed by atoms with E-state index in [1.54, 1.807) is 13.8 Å². The second-order valence-corrected chi connectivity index (χ2v) is 6.15. The van der Waals surface area contributed by atoms with Gasteiger partial charge in [-0.2, -0.15) is 8.42 Å². The molecule has 8 nitrogen and oxygen atoms in total. The van der Waals surface area contributed by atoms with Crippen molar-refractivity contribution in [2.24, 2.45) is 12.8 Å². The lowest BCUT2D eigenvalue weighted by molar-refractivity contribution is 0.0994. The standard InChI is InChI=1S/C11H16N2O6S/c1-5(2)7-6(4-20(17,18)19)10(15)13(3)11(16)8(7)9(12)14/h5,16H,4H2,1-3H3,(H2,12,14)(H,17,18,19). The number of aromatic nitrogens is 1. The first-order chi connectivity index (χ1) is 8.97. The van der Waals surface area contributed by atoms with Gasteiger partial charge in [-0.3, -0.25) is 18.7 Å². The zero-order chi connectivity index (χ0) is 15.8. The zero-order valence-corrected chi connectivity index (χ0v) is 12.1. The molecule has 1 aromatic rings. The Hall–Kier alpha value is -1.87. The van der Waals surface area contributed by atoms with Crippen LogP contribution in [-0.4, -0.2) is 28.6 Å². The fourth-order valence-corrected chi connectivity index (χ4v) is 2.70. The van der Waals surface area contributed by atoms with Crippen LogP contribution in [0.3, 0.4) is 0 Å². The van der Waals surface area contributed by atoms with E-state index in [1.807, 2.05) is 0 Å². The molecule has 1 amide bonds. The molecule has 0 fully saturated rings. The van der Waals surface area contributed by atoms with Crippen LogP contribution in [0.15, 0.2) is 4.79 Å². The van der Waals surface area contributed by atoms with E-state index in [1.165, 1.54) is 7.05 Å². The van der Waals surface area contributed by atoms with Gasteiger partial charge in [0, 0.05) is 12.6 Å². The molecule has 4 N–H and O–H groups in total. The van der Waals surface area contributed by atoms with E-state index in [-0.39, 0.29) is 16.7 Å². The van der Waals surface area contributed by atoms with Crippen molar-refractivity contribution in [3.05, 3.63) is 27.0 Å². The van der Waals surface area contributed by atoms with Crippen molar-refractivity contribution in [3.63, 3.8) is 0 Å². The molecule has 0 aliphatic heterocycles. The summed E-state index contributed by atoms with van der Waals surface area (Å²) < 4.78 is 31.7. The summed E-state index contributed by atoms with van der Waals surface area (Å²) in [6.07, 6.45) is 0. The highest BCUT2D eigenvalue weighted by Gasteiger charge is 2.27. The molecule has 0 radical (unpaired) electrons. The summed E-state index contributed by atoms with van der Waals surface area (Å²) in [7, 11) is -3.31. The molecule has 0 aromatic carbocycles. The first-order valence-electron chi connectivity index (χ1n) is 5.67. The number of hydrogen-bond donors (Lipinski definition) is 3. The third kappa shape index (κ3) is 2.99. The number of rotatable bonds is 4. The monoisotopic (exact) mass is 304 g/mol. The Morgan fingerprint density at radius 3 is 2.25 bits per heavy atom. The lowest BCUT2D eigenvalue weighted by Crippen LogP contribution is -2.30. The molecule has 9 heteroatoms. The van der Waals surface area contributed by atoms with E-state index in [2.05, 4.69) is 0 Å². The number of hydrogen-bond acceptors (Lipinski definition) is 5. The summed E-state index contributed by atoms with van der Waals surface area (Å²) >= 11 is 0. The van der Waals surface area contributed by atoms with Gasteiger partial charge in [-0.05, 0) is 11.5 Å². The van der Waals surface area contributed by atoms with Gasteiger partial charge in [0.05, 0.1) is 0 Å². The predicted molar refractivity (Wildman–Crippen MR) is 71.2 cm³/mol. The van der Waals surface area contributed by atoms with Gasteiger partial charge < -0.3 is 10.8 Å². The van der Waals surface area contributed by atoms with Crippen LogP contribution in [-0.2, 0) is 22.9 Å². The van der Waals surface area contributed by atoms with Crippen LogP contribution in [0.25, 0.3) is 0 Å². The molecular weight excluding hydrogens is 288 g/mol. The minimum absolute atomic E-state index is 0.0238. The molecule has 20 heavy (non-hydrogen) atoms. The Morgan fingerprint density at radius 1 is 1.40 bits per heavy atom. The predicted octanol–water partition coefficient (Wildman–Crippen LogP) is -0.299. The van der Waals surface area contributed by atoms with E-state index in [0.717, 1.165) is 0 Å². The summed E-state index contributed by atoms with van der Waals surface area (Å²) in [4.78, 5) is 23.5. The van der Waals surface area contributed by atoms with Crippen LogP contribution in [0, 0.1) is 0 Å². The highest BCUT2D eigenvalue weighted by atomic mass is 32.2. The average molecular weight is 304 g/mol. The number of primary amides is 1. The Morgan fingerprint density at radius 2 is 1.90 bits per heavy atom. The van der Waals surface area contributed by atoms with E-state index < -0.39 is 39.1 Å². The SMILES string of the molecule is CC(C)c1c(C(N)=O)c(O)n(C)c(=O)c1CS(=O)(=O)O. The van der Waals surface area contributed by atoms with Crippen molar-refractivity contribution in [1.82, 2.24) is 4.57 Å². The van der Waals surface area contributed by atoms with Gasteiger partial charge in [0.2, 0.25) is 5.88 Å². The number of nitrogens with zero attached hydrogens (tertiary/aromatic N) is 1. The highest BCUT2D eigenvalue weighted by molar-refractivity contribution is 7.85. The second kappa shape index (κ2) is 5.25. The van der Waals surface area contributed by atoms with Gasteiger partial charge in [0.1, 0.15) is 11.3 Å². The summed E-state index contributed by atoms with van der Waals surface area (Å²) in [5.74, 6) is -3.02. The van der Waals surface area contributed by atoms with Crippen molar-refractivity contribution < 1.29 is 22.9 Å². The Balaban J connectivity index is 3.91. The maximum Gasteiger partial charge on any atom is 0.269 e. The summed E-state index contributed by atoms with van der Waals surface area (Å²) in [6.45, 7) is 3.21. The number of amides is 1. The smallest absolute Gasteiger partial charge is 0.269 e. The Bertz CT molecular complexity index is 717. The normalized spacial score (nSPS) is 11.8. The lowest BCUT2D eigenvalue weighted by atomic mass is 9.93. The quantitative estimate of drug-likeness (QED) is 0.652. The summed E-state index contributed by atoms with van der Waals surface area (Å²) in [6, 6.07) is 0. The molecular formula is C11H16N2O6S. The van der Waals surface area contributed by atoms with Gasteiger partial charge in [-0.1, -0.05) is 13.8 Å². The fraction of sp³-hybridized carbons (Fsp3) is 0.455. The van der Waals surface area contributed by atoms with Crippen molar-refractivity contribution >= 4 is 16.0 Å². The third-order valence-corrected chi connectivity index (χ3v) is 3.50. The highest BCUT2D eigenvalue weighted by Crippen LogP contribution is 2.28. The van der Waals surface area contributed by atoms with Gasteiger partial charge in [0.15, 0.2) is 0 Å². The molecule has 1 aromatic heterocycles. The number of carbonyl (C=O) groups excluding carboxylic acids is 1. The van der Waals surface area contributed by atoms with Crippen molar-refractivity contribution in [2.45, 2.75) is 25.5 Å². The first-order valence-corrected chi connectivity index (χ1v) is 7.28. The number of pyridine rings is 1. The van der Waals surface area contributed by atoms with Gasteiger partial charge in [0.25, 0.3) is 21.6 Å². The molecule has 1 rings (SSSR count).